The van der Waals surface area contributed by atoms with E-state index in [4.69, 9.17) is 29.9 Å². The van der Waals surface area contributed by atoms with Gasteiger partial charge in [0.05, 0.1) is 39.6 Å². The largest absolute Gasteiger partial charge is 0.395 e. The third-order valence-electron chi connectivity index (χ3n) is 3.35. The molecule has 0 aromatic heterocycles. The first-order valence-electron chi connectivity index (χ1n) is 8.32. The lowest BCUT2D eigenvalue weighted by Crippen LogP contribution is -2.33. The van der Waals surface area contributed by atoms with Crippen LogP contribution in [0.5, 0.6) is 0 Å². The van der Waals surface area contributed by atoms with Crippen LogP contribution in [0.15, 0.2) is 0 Å². The molecule has 0 heterocycles. The van der Waals surface area contributed by atoms with Crippen molar-refractivity contribution in [2.75, 3.05) is 92.1 Å². The van der Waals surface area contributed by atoms with E-state index < -0.39 is 0 Å². The number of rotatable bonds is 18. The lowest BCUT2D eigenvalue weighted by atomic mass is 10.4. The number of hydrogen-bond acceptors (Lipinski definition) is 8. The van der Waals surface area contributed by atoms with Crippen LogP contribution in [-0.4, -0.2) is 122 Å². The topological polar surface area (TPSA) is 106 Å². The van der Waals surface area contributed by atoms with E-state index in [-0.39, 0.29) is 26.4 Å². The van der Waals surface area contributed by atoms with Gasteiger partial charge in [-0.25, -0.2) is 0 Å². The maximum absolute atomic E-state index is 8.88. The van der Waals surface area contributed by atoms with Crippen LogP contribution >= 0.6 is 0 Å². The Morgan fingerprint density at radius 2 is 0.826 bits per heavy atom. The molecule has 0 amide bonds. The molecule has 0 aromatic carbocycles. The van der Waals surface area contributed by atoms with Crippen LogP contribution in [0, 0.1) is 0 Å². The molecule has 0 spiro atoms. The number of aliphatic hydroxyl groups excluding tert-OH is 4. The Balaban J connectivity index is 3.41. The van der Waals surface area contributed by atoms with Crippen molar-refractivity contribution in [2.45, 2.75) is 6.42 Å². The van der Waals surface area contributed by atoms with Gasteiger partial charge in [0, 0.05) is 52.5 Å². The van der Waals surface area contributed by atoms with Crippen LogP contribution in [-0.2, 0) is 9.47 Å². The zero-order valence-electron chi connectivity index (χ0n) is 14.1. The van der Waals surface area contributed by atoms with Crippen LogP contribution in [0.4, 0.5) is 0 Å². The third-order valence-corrected chi connectivity index (χ3v) is 3.35. The maximum Gasteiger partial charge on any atom is 0.0593 e. The summed E-state index contributed by atoms with van der Waals surface area (Å²) < 4.78 is 11.0. The van der Waals surface area contributed by atoms with E-state index in [1.54, 1.807) is 0 Å². The zero-order chi connectivity index (χ0) is 17.2. The second-order valence-electron chi connectivity index (χ2n) is 5.16. The summed E-state index contributed by atoms with van der Waals surface area (Å²) in [6.45, 7) is 6.27. The average Bonchev–Trinajstić information content (AvgIpc) is 2.54. The molecule has 8 nitrogen and oxygen atoms in total. The van der Waals surface area contributed by atoms with Crippen molar-refractivity contribution < 1.29 is 29.9 Å². The summed E-state index contributed by atoms with van der Waals surface area (Å²) in [4.78, 5) is 3.90. The Labute approximate surface area is 139 Å². The molecule has 0 rings (SSSR count). The monoisotopic (exact) mass is 338 g/mol. The molecule has 0 aromatic rings. The molecule has 140 valence electrons. The van der Waals surface area contributed by atoms with Crippen molar-refractivity contribution in [3.63, 3.8) is 0 Å². The smallest absolute Gasteiger partial charge is 0.0593 e. The van der Waals surface area contributed by atoms with Crippen LogP contribution < -0.4 is 0 Å². The van der Waals surface area contributed by atoms with E-state index in [1.165, 1.54) is 0 Å². The van der Waals surface area contributed by atoms with E-state index in [0.717, 1.165) is 6.42 Å². The van der Waals surface area contributed by atoms with Crippen LogP contribution in [0.1, 0.15) is 6.42 Å². The molecule has 0 aliphatic heterocycles. The predicted octanol–water partition coefficient (Wildman–Crippen LogP) is -2.02. The van der Waals surface area contributed by atoms with Crippen molar-refractivity contribution >= 4 is 0 Å². The Morgan fingerprint density at radius 1 is 0.478 bits per heavy atom. The van der Waals surface area contributed by atoms with E-state index in [2.05, 4.69) is 0 Å². The standard InChI is InChI=1S/C15H34N2O6/c18-8-2-16(3-9-19)6-14-22-12-1-13-23-15-7-17(4-10-20)5-11-21/h18-21H,1-15H2. The quantitative estimate of drug-likeness (QED) is 0.212. The van der Waals surface area contributed by atoms with Crippen LogP contribution in [0.2, 0.25) is 0 Å². The van der Waals surface area contributed by atoms with Crippen LogP contribution in [0.25, 0.3) is 0 Å². The van der Waals surface area contributed by atoms with Gasteiger partial charge >= 0.3 is 0 Å². The Bertz CT molecular complexity index is 202. The third kappa shape index (κ3) is 15.0. The summed E-state index contributed by atoms with van der Waals surface area (Å²) in [5, 5.41) is 35.5. The summed E-state index contributed by atoms with van der Waals surface area (Å²) in [5.41, 5.74) is 0. The van der Waals surface area contributed by atoms with Gasteiger partial charge in [0.25, 0.3) is 0 Å². The minimum absolute atomic E-state index is 0.0808. The molecule has 0 bridgehead atoms. The average molecular weight is 338 g/mol. The molecule has 8 heteroatoms. The highest BCUT2D eigenvalue weighted by atomic mass is 16.5. The summed E-state index contributed by atoms with van der Waals surface area (Å²) in [6, 6.07) is 0. The van der Waals surface area contributed by atoms with E-state index >= 15 is 0 Å². The molecule has 0 fully saturated rings. The van der Waals surface area contributed by atoms with Crippen molar-refractivity contribution in [1.29, 1.82) is 0 Å². The minimum Gasteiger partial charge on any atom is -0.395 e. The van der Waals surface area contributed by atoms with Gasteiger partial charge in [-0.15, -0.1) is 0 Å². The van der Waals surface area contributed by atoms with Crippen molar-refractivity contribution in [2.24, 2.45) is 0 Å². The van der Waals surface area contributed by atoms with E-state index in [1.807, 2.05) is 9.80 Å². The van der Waals surface area contributed by atoms with E-state index in [0.29, 0.717) is 65.7 Å². The fourth-order valence-corrected chi connectivity index (χ4v) is 2.09. The Kier molecular flexibility index (Phi) is 17.8. The highest BCUT2D eigenvalue weighted by Crippen LogP contribution is 1.92. The summed E-state index contributed by atoms with van der Waals surface area (Å²) in [6.07, 6.45) is 0.806. The van der Waals surface area contributed by atoms with Crippen molar-refractivity contribution in [3.8, 4) is 0 Å². The first-order chi connectivity index (χ1) is 11.3. The molecule has 0 aliphatic carbocycles. The lowest BCUT2D eigenvalue weighted by molar-refractivity contribution is 0.0540. The van der Waals surface area contributed by atoms with Gasteiger partial charge in [0.15, 0.2) is 0 Å². The molecule has 0 saturated carbocycles. The molecule has 23 heavy (non-hydrogen) atoms. The van der Waals surface area contributed by atoms with Gasteiger partial charge in [-0.3, -0.25) is 9.80 Å². The highest BCUT2D eigenvalue weighted by Gasteiger charge is 2.04. The molecular formula is C15H34N2O6. The first-order valence-corrected chi connectivity index (χ1v) is 8.32. The lowest BCUT2D eigenvalue weighted by Gasteiger charge is -2.20. The van der Waals surface area contributed by atoms with Gasteiger partial charge in [0.1, 0.15) is 0 Å². The Hall–Kier alpha value is -0.320. The van der Waals surface area contributed by atoms with Crippen molar-refractivity contribution in [1.82, 2.24) is 9.80 Å². The minimum atomic E-state index is 0.0808. The summed E-state index contributed by atoms with van der Waals surface area (Å²) in [7, 11) is 0. The second-order valence-corrected chi connectivity index (χ2v) is 5.16. The fourth-order valence-electron chi connectivity index (χ4n) is 2.09. The van der Waals surface area contributed by atoms with Gasteiger partial charge in [0.2, 0.25) is 0 Å². The molecule has 0 aliphatic rings. The highest BCUT2D eigenvalue weighted by molar-refractivity contribution is 4.56. The fraction of sp³-hybridized carbons (Fsp3) is 1.00. The molecular weight excluding hydrogens is 304 g/mol. The molecule has 0 unspecified atom stereocenters. The van der Waals surface area contributed by atoms with Gasteiger partial charge in [-0.2, -0.15) is 0 Å². The molecule has 0 radical (unpaired) electrons. The Morgan fingerprint density at radius 3 is 1.13 bits per heavy atom. The predicted molar refractivity (Wildman–Crippen MR) is 87.5 cm³/mol. The van der Waals surface area contributed by atoms with Gasteiger partial charge in [-0.1, -0.05) is 0 Å². The molecule has 0 saturated heterocycles. The number of nitrogens with zero attached hydrogens (tertiary/aromatic N) is 2. The molecule has 4 N–H and O–H groups in total. The second kappa shape index (κ2) is 18.0. The van der Waals surface area contributed by atoms with Gasteiger partial charge < -0.3 is 29.9 Å². The summed E-state index contributed by atoms with van der Waals surface area (Å²) in [5.74, 6) is 0. The van der Waals surface area contributed by atoms with E-state index in [9.17, 15) is 0 Å². The molecule has 0 atom stereocenters. The van der Waals surface area contributed by atoms with Gasteiger partial charge in [-0.05, 0) is 6.42 Å². The zero-order valence-corrected chi connectivity index (χ0v) is 14.1. The number of ether oxygens (including phenoxy) is 2. The number of aliphatic hydroxyl groups is 4. The normalized spacial score (nSPS) is 11.7. The van der Waals surface area contributed by atoms with Crippen LogP contribution in [0.3, 0.4) is 0 Å². The SMILES string of the molecule is OCCN(CCO)CCOCCCOCCN(CCO)CCO. The summed E-state index contributed by atoms with van der Waals surface area (Å²) >= 11 is 0. The van der Waals surface area contributed by atoms with Crippen molar-refractivity contribution in [3.05, 3.63) is 0 Å². The first kappa shape index (κ1) is 22.7. The number of hydrogen-bond donors (Lipinski definition) is 4. The maximum atomic E-state index is 8.88.